The van der Waals surface area contributed by atoms with Crippen molar-refractivity contribution in [1.29, 1.82) is 0 Å². The molecule has 0 N–H and O–H groups in total. The molecule has 0 amide bonds. The summed E-state index contributed by atoms with van der Waals surface area (Å²) in [4.78, 5) is 23.5. The van der Waals surface area contributed by atoms with Gasteiger partial charge in [-0.3, -0.25) is 4.79 Å². The number of hydrogen-bond acceptors (Lipinski definition) is 6. The van der Waals surface area contributed by atoms with Crippen LogP contribution in [0.4, 0.5) is 4.79 Å². The average Bonchev–Trinajstić information content (AvgIpc) is 2.87. The van der Waals surface area contributed by atoms with Crippen LogP contribution in [0.2, 0.25) is 0 Å². The summed E-state index contributed by atoms with van der Waals surface area (Å²) in [5, 5.41) is 0. The van der Waals surface area contributed by atoms with Crippen molar-refractivity contribution in [2.45, 2.75) is 55.9 Å². The first kappa shape index (κ1) is 26.5. The second kappa shape index (κ2) is 12.0. The number of carbonyl (C=O) groups excluding carboxylic acids is 2. The second-order valence-corrected chi connectivity index (χ2v) is 10.5. The van der Waals surface area contributed by atoms with E-state index >= 15 is 0 Å². The van der Waals surface area contributed by atoms with Crippen LogP contribution in [-0.2, 0) is 30.7 Å². The standard InChI is InChI=1S/C27H31NO6S/c1-22-10-12-25(13-11-22)35(31,32)28(20-6-7-21-34-26(30)33-2)27(18-15-24(29)16-19-27)17-14-23-8-4-3-5-9-23/h3-5,8-13H,14-21H2,1-2H3. The lowest BCUT2D eigenvalue weighted by Crippen LogP contribution is -2.54. The lowest BCUT2D eigenvalue weighted by atomic mass is 9.77. The minimum absolute atomic E-state index is 0.0796. The van der Waals surface area contributed by atoms with Gasteiger partial charge in [-0.15, -0.1) is 0 Å². The molecule has 0 bridgehead atoms. The Kier molecular flexibility index (Phi) is 9.07. The minimum Gasteiger partial charge on any atom is -0.438 e. The number of methoxy groups -OCH3 is 1. The number of ketones is 1. The Bertz CT molecular complexity index is 1170. The zero-order valence-corrected chi connectivity index (χ0v) is 21.0. The summed E-state index contributed by atoms with van der Waals surface area (Å²) < 4.78 is 38.5. The van der Waals surface area contributed by atoms with E-state index in [2.05, 4.69) is 16.6 Å². The zero-order chi connectivity index (χ0) is 25.3. The largest absolute Gasteiger partial charge is 0.508 e. The summed E-state index contributed by atoms with van der Waals surface area (Å²) in [7, 11) is -2.72. The van der Waals surface area contributed by atoms with Gasteiger partial charge in [-0.2, -0.15) is 4.31 Å². The highest BCUT2D eigenvalue weighted by Crippen LogP contribution is 2.39. The van der Waals surface area contributed by atoms with E-state index < -0.39 is 21.7 Å². The Morgan fingerprint density at radius 2 is 1.69 bits per heavy atom. The predicted molar refractivity (Wildman–Crippen MR) is 132 cm³/mol. The highest BCUT2D eigenvalue weighted by Gasteiger charge is 2.45. The number of Topliss-reactive ketones (excluding diaryl/α,β-unsaturated/α-hetero) is 1. The summed E-state index contributed by atoms with van der Waals surface area (Å²) in [5.74, 6) is 5.71. The lowest BCUT2D eigenvalue weighted by Gasteiger charge is -2.44. The predicted octanol–water partition coefficient (Wildman–Crippen LogP) is 4.29. The molecule has 7 nitrogen and oxygen atoms in total. The average molecular weight is 498 g/mol. The fourth-order valence-electron chi connectivity index (χ4n) is 4.32. The molecule has 2 aromatic carbocycles. The number of rotatable bonds is 8. The Morgan fingerprint density at radius 1 is 1.03 bits per heavy atom. The van der Waals surface area contributed by atoms with Crippen LogP contribution in [-0.4, -0.2) is 50.5 Å². The molecular weight excluding hydrogens is 466 g/mol. The number of nitrogens with zero attached hydrogens (tertiary/aromatic N) is 1. The monoisotopic (exact) mass is 497 g/mol. The van der Waals surface area contributed by atoms with Gasteiger partial charge < -0.3 is 9.47 Å². The lowest BCUT2D eigenvalue weighted by molar-refractivity contribution is -0.122. The van der Waals surface area contributed by atoms with E-state index in [1.54, 1.807) is 24.3 Å². The molecule has 0 atom stereocenters. The van der Waals surface area contributed by atoms with Crippen LogP contribution in [0.1, 0.15) is 43.2 Å². The molecule has 0 spiro atoms. The van der Waals surface area contributed by atoms with E-state index in [1.807, 2.05) is 37.3 Å². The van der Waals surface area contributed by atoms with Crippen LogP contribution in [0, 0.1) is 18.8 Å². The third kappa shape index (κ3) is 6.93. The number of hydrogen-bond donors (Lipinski definition) is 0. The van der Waals surface area contributed by atoms with E-state index in [0.29, 0.717) is 38.5 Å². The number of sulfonamides is 1. The number of aryl methyl sites for hydroxylation is 2. The highest BCUT2D eigenvalue weighted by molar-refractivity contribution is 7.89. The van der Waals surface area contributed by atoms with Crippen LogP contribution >= 0.6 is 0 Å². The summed E-state index contributed by atoms with van der Waals surface area (Å²) in [5.41, 5.74) is 1.30. The normalized spacial score (nSPS) is 15.2. The molecule has 0 aromatic heterocycles. The maximum Gasteiger partial charge on any atom is 0.508 e. The van der Waals surface area contributed by atoms with E-state index in [0.717, 1.165) is 11.1 Å². The molecule has 2 aromatic rings. The third-order valence-electron chi connectivity index (χ3n) is 6.37. The Labute approximate surface area is 207 Å². The van der Waals surface area contributed by atoms with Crippen LogP contribution in [0.3, 0.4) is 0 Å². The van der Waals surface area contributed by atoms with Crippen LogP contribution in [0.25, 0.3) is 0 Å². The third-order valence-corrected chi connectivity index (χ3v) is 8.34. The fourth-order valence-corrected chi connectivity index (χ4v) is 6.07. The quantitative estimate of drug-likeness (QED) is 0.399. The maximum absolute atomic E-state index is 13.9. The van der Waals surface area contributed by atoms with E-state index in [9.17, 15) is 18.0 Å². The first-order valence-corrected chi connectivity index (χ1v) is 13.0. The van der Waals surface area contributed by atoms with Crippen molar-refractivity contribution in [2.75, 3.05) is 20.3 Å². The van der Waals surface area contributed by atoms with E-state index in [4.69, 9.17) is 4.74 Å². The van der Waals surface area contributed by atoms with Gasteiger partial charge in [0, 0.05) is 18.4 Å². The first-order valence-electron chi connectivity index (χ1n) is 11.6. The van der Waals surface area contributed by atoms with Gasteiger partial charge in [0.05, 0.1) is 18.6 Å². The van der Waals surface area contributed by atoms with Crippen LogP contribution < -0.4 is 0 Å². The highest BCUT2D eigenvalue weighted by atomic mass is 32.2. The van der Waals surface area contributed by atoms with Gasteiger partial charge in [-0.05, 0) is 50.3 Å². The number of carbonyl (C=O) groups is 2. The fraction of sp³-hybridized carbons (Fsp3) is 0.407. The SMILES string of the molecule is COC(=O)OCC#CCN(C1(CCc2ccccc2)CCC(=O)CC1)S(=O)(=O)c1ccc(C)cc1. The molecular formula is C27H31NO6S. The van der Waals surface area contributed by atoms with E-state index in [-0.39, 0.29) is 23.8 Å². The van der Waals surface area contributed by atoms with Crippen LogP contribution in [0.5, 0.6) is 0 Å². The van der Waals surface area contributed by atoms with Gasteiger partial charge in [-0.25, -0.2) is 13.2 Å². The molecule has 0 unspecified atom stereocenters. The molecule has 8 heteroatoms. The zero-order valence-electron chi connectivity index (χ0n) is 20.2. The molecule has 1 saturated carbocycles. The summed E-state index contributed by atoms with van der Waals surface area (Å²) in [6.07, 6.45) is 1.91. The molecule has 0 aliphatic heterocycles. The van der Waals surface area contributed by atoms with Gasteiger partial charge in [0.25, 0.3) is 0 Å². The van der Waals surface area contributed by atoms with Crippen molar-refractivity contribution < 1.29 is 27.5 Å². The van der Waals surface area contributed by atoms with Crippen molar-refractivity contribution in [1.82, 2.24) is 4.31 Å². The van der Waals surface area contributed by atoms with Crippen molar-refractivity contribution >= 4 is 22.0 Å². The molecule has 0 radical (unpaired) electrons. The number of benzene rings is 2. The van der Waals surface area contributed by atoms with E-state index in [1.165, 1.54) is 11.4 Å². The van der Waals surface area contributed by atoms with Crippen molar-refractivity contribution in [3.8, 4) is 11.8 Å². The number of ether oxygens (including phenoxy) is 2. The summed E-state index contributed by atoms with van der Waals surface area (Å²) in [6, 6.07) is 16.6. The van der Waals surface area contributed by atoms with Gasteiger partial charge >= 0.3 is 6.16 Å². The molecule has 0 saturated heterocycles. The molecule has 35 heavy (non-hydrogen) atoms. The van der Waals surface area contributed by atoms with Gasteiger partial charge in [-0.1, -0.05) is 59.9 Å². The summed E-state index contributed by atoms with van der Waals surface area (Å²) in [6.45, 7) is 1.61. The van der Waals surface area contributed by atoms with Gasteiger partial charge in [0.1, 0.15) is 5.78 Å². The van der Waals surface area contributed by atoms with Gasteiger partial charge in [0.2, 0.25) is 10.0 Å². The molecule has 3 rings (SSSR count). The smallest absolute Gasteiger partial charge is 0.438 e. The van der Waals surface area contributed by atoms with Gasteiger partial charge in [0.15, 0.2) is 6.61 Å². The molecule has 186 valence electrons. The molecule has 1 aliphatic rings. The summed E-state index contributed by atoms with van der Waals surface area (Å²) >= 11 is 0. The topological polar surface area (TPSA) is 90.0 Å². The van der Waals surface area contributed by atoms with Crippen molar-refractivity contribution in [2.24, 2.45) is 0 Å². The maximum atomic E-state index is 13.9. The molecule has 1 aliphatic carbocycles. The minimum atomic E-state index is -3.92. The molecule has 1 fully saturated rings. The van der Waals surface area contributed by atoms with Crippen molar-refractivity contribution in [3.63, 3.8) is 0 Å². The van der Waals surface area contributed by atoms with Crippen molar-refractivity contribution in [3.05, 3.63) is 65.7 Å². The first-order chi connectivity index (χ1) is 16.8. The van der Waals surface area contributed by atoms with Crippen LogP contribution in [0.15, 0.2) is 59.5 Å². The Balaban J connectivity index is 1.96. The molecule has 0 heterocycles. The Morgan fingerprint density at radius 3 is 2.31 bits per heavy atom. The second-order valence-electron chi connectivity index (χ2n) is 8.67. The Hall–Kier alpha value is -3.15.